The predicted octanol–water partition coefficient (Wildman–Crippen LogP) is -1.79. The lowest BCUT2D eigenvalue weighted by Gasteiger charge is -2.05. The highest BCUT2D eigenvalue weighted by Gasteiger charge is 2.03. The van der Waals surface area contributed by atoms with Gasteiger partial charge in [0.25, 0.3) is 0 Å². The van der Waals surface area contributed by atoms with Crippen LogP contribution in [0.2, 0.25) is 0 Å². The number of aliphatic hydroxyl groups excluding tert-OH is 1. The molecule has 0 saturated heterocycles. The summed E-state index contributed by atoms with van der Waals surface area (Å²) >= 11 is 0. The summed E-state index contributed by atoms with van der Waals surface area (Å²) in [5, 5.41) is 19.0. The molecule has 0 unspecified atom stereocenters. The van der Waals surface area contributed by atoms with Crippen LogP contribution >= 0.6 is 0 Å². The summed E-state index contributed by atoms with van der Waals surface area (Å²) in [6.07, 6.45) is 0. The first-order chi connectivity index (χ1) is 7.16. The molecule has 0 rings (SSSR count). The van der Waals surface area contributed by atoms with Gasteiger partial charge in [-0.05, 0) is 0 Å². The number of hydrogen-bond donors (Lipinski definition) is 3. The highest BCUT2D eigenvalue weighted by Crippen LogP contribution is 1.79. The topological polar surface area (TPSA) is 105 Å². The van der Waals surface area contributed by atoms with Crippen LogP contribution < -0.4 is 5.32 Å². The monoisotopic (exact) mass is 221 g/mol. The van der Waals surface area contributed by atoms with Crippen LogP contribution in [0.25, 0.3) is 0 Å². The molecule has 0 aromatic rings. The number of carbonyl (C=O) groups is 2. The van der Waals surface area contributed by atoms with Gasteiger partial charge >= 0.3 is 11.9 Å². The Kier molecular flexibility index (Phi) is 8.64. The lowest BCUT2D eigenvalue weighted by atomic mass is 10.6. The molecule has 0 bridgehead atoms. The molecule has 0 aromatic carbocycles. The van der Waals surface area contributed by atoms with Gasteiger partial charge in [0.1, 0.15) is 6.61 Å². The fourth-order valence-electron chi connectivity index (χ4n) is 0.704. The fourth-order valence-corrected chi connectivity index (χ4v) is 0.704. The standard InChI is InChI=1S/C8H15NO6/c10-1-2-14-3-4-15-8(13)6-9-5-7(11)12/h9-10H,1-6H2,(H,11,12). The van der Waals surface area contributed by atoms with E-state index in [0.717, 1.165) is 0 Å². The van der Waals surface area contributed by atoms with E-state index in [4.69, 9.17) is 14.9 Å². The summed E-state index contributed by atoms with van der Waals surface area (Å²) in [5.74, 6) is -1.57. The van der Waals surface area contributed by atoms with E-state index in [2.05, 4.69) is 10.1 Å². The predicted molar refractivity (Wildman–Crippen MR) is 49.4 cm³/mol. The molecule has 15 heavy (non-hydrogen) atoms. The first kappa shape index (κ1) is 13.8. The number of hydrogen-bond acceptors (Lipinski definition) is 6. The average Bonchev–Trinajstić information content (AvgIpc) is 2.17. The lowest BCUT2D eigenvalue weighted by molar-refractivity contribution is -0.144. The maximum absolute atomic E-state index is 10.9. The van der Waals surface area contributed by atoms with Gasteiger partial charge in [-0.2, -0.15) is 0 Å². The molecule has 0 radical (unpaired) electrons. The minimum Gasteiger partial charge on any atom is -0.480 e. The molecule has 0 aliphatic carbocycles. The van der Waals surface area contributed by atoms with Gasteiger partial charge < -0.3 is 19.7 Å². The van der Waals surface area contributed by atoms with E-state index in [9.17, 15) is 9.59 Å². The Hall–Kier alpha value is -1.18. The summed E-state index contributed by atoms with van der Waals surface area (Å²) < 4.78 is 9.50. The average molecular weight is 221 g/mol. The number of aliphatic carboxylic acids is 1. The van der Waals surface area contributed by atoms with Crippen molar-refractivity contribution in [1.82, 2.24) is 5.32 Å². The van der Waals surface area contributed by atoms with Crippen molar-refractivity contribution in [2.75, 3.05) is 39.5 Å². The minimum atomic E-state index is -1.03. The van der Waals surface area contributed by atoms with Crippen molar-refractivity contribution in [2.45, 2.75) is 0 Å². The van der Waals surface area contributed by atoms with Crippen molar-refractivity contribution in [2.24, 2.45) is 0 Å². The molecule has 0 aromatic heterocycles. The van der Waals surface area contributed by atoms with Crippen LogP contribution in [0.15, 0.2) is 0 Å². The molecule has 0 atom stereocenters. The zero-order chi connectivity index (χ0) is 11.5. The number of carboxylic acid groups (broad SMARTS) is 1. The summed E-state index contributed by atoms with van der Waals surface area (Å²) in [5.41, 5.74) is 0. The zero-order valence-electron chi connectivity index (χ0n) is 8.27. The molecule has 0 fully saturated rings. The van der Waals surface area contributed by atoms with Gasteiger partial charge in [0.05, 0.1) is 32.9 Å². The Morgan fingerprint density at radius 3 is 2.47 bits per heavy atom. The Bertz CT molecular complexity index is 196. The molecule has 7 heteroatoms. The molecule has 0 spiro atoms. The first-order valence-electron chi connectivity index (χ1n) is 4.43. The van der Waals surface area contributed by atoms with E-state index in [1.165, 1.54) is 0 Å². The molecule has 0 saturated carbocycles. The Morgan fingerprint density at radius 1 is 1.13 bits per heavy atom. The van der Waals surface area contributed by atoms with Gasteiger partial charge in [0, 0.05) is 0 Å². The van der Waals surface area contributed by atoms with E-state index in [0.29, 0.717) is 0 Å². The molecule has 7 nitrogen and oxygen atoms in total. The second-order valence-corrected chi connectivity index (χ2v) is 2.55. The minimum absolute atomic E-state index is 0.0753. The van der Waals surface area contributed by atoms with Crippen molar-refractivity contribution in [3.05, 3.63) is 0 Å². The van der Waals surface area contributed by atoms with Gasteiger partial charge in [-0.15, -0.1) is 0 Å². The Labute approximate surface area is 87.0 Å². The molecule has 88 valence electrons. The number of carbonyl (C=O) groups excluding carboxylic acids is 1. The Balaban J connectivity index is 3.22. The van der Waals surface area contributed by atoms with Crippen LogP contribution in [0.5, 0.6) is 0 Å². The van der Waals surface area contributed by atoms with Crippen molar-refractivity contribution < 1.29 is 29.3 Å². The largest absolute Gasteiger partial charge is 0.480 e. The smallest absolute Gasteiger partial charge is 0.320 e. The van der Waals surface area contributed by atoms with Gasteiger partial charge in [0.2, 0.25) is 0 Å². The number of nitrogens with one attached hydrogen (secondary N) is 1. The number of esters is 1. The van der Waals surface area contributed by atoms with Crippen molar-refractivity contribution >= 4 is 11.9 Å². The normalized spacial score (nSPS) is 9.93. The number of ether oxygens (including phenoxy) is 2. The third-order valence-electron chi connectivity index (χ3n) is 1.27. The summed E-state index contributed by atoms with van der Waals surface area (Å²) in [6, 6.07) is 0. The van der Waals surface area contributed by atoms with Crippen LogP contribution in [0.3, 0.4) is 0 Å². The maximum Gasteiger partial charge on any atom is 0.320 e. The van der Waals surface area contributed by atoms with E-state index in [1.54, 1.807) is 0 Å². The van der Waals surface area contributed by atoms with E-state index >= 15 is 0 Å². The van der Waals surface area contributed by atoms with Crippen molar-refractivity contribution in [1.29, 1.82) is 0 Å². The second kappa shape index (κ2) is 9.38. The van der Waals surface area contributed by atoms with Crippen LogP contribution in [0, 0.1) is 0 Å². The van der Waals surface area contributed by atoms with Gasteiger partial charge in [-0.1, -0.05) is 0 Å². The third kappa shape index (κ3) is 10.7. The van der Waals surface area contributed by atoms with Gasteiger partial charge in [-0.25, -0.2) is 0 Å². The number of aliphatic hydroxyl groups is 1. The van der Waals surface area contributed by atoms with Crippen LogP contribution in [-0.2, 0) is 19.1 Å². The highest BCUT2D eigenvalue weighted by molar-refractivity contribution is 5.73. The molecular formula is C8H15NO6. The second-order valence-electron chi connectivity index (χ2n) is 2.55. The molecule has 3 N–H and O–H groups in total. The highest BCUT2D eigenvalue weighted by atomic mass is 16.6. The zero-order valence-corrected chi connectivity index (χ0v) is 8.27. The lowest BCUT2D eigenvalue weighted by Crippen LogP contribution is -2.30. The van der Waals surface area contributed by atoms with E-state index in [-0.39, 0.29) is 39.5 Å². The quantitative estimate of drug-likeness (QED) is 0.312. The van der Waals surface area contributed by atoms with E-state index in [1.807, 2.05) is 0 Å². The fraction of sp³-hybridized carbons (Fsp3) is 0.750. The van der Waals surface area contributed by atoms with E-state index < -0.39 is 11.9 Å². The number of carboxylic acids is 1. The molecule has 0 heterocycles. The molecule has 0 amide bonds. The van der Waals surface area contributed by atoms with Crippen molar-refractivity contribution in [3.63, 3.8) is 0 Å². The first-order valence-corrected chi connectivity index (χ1v) is 4.43. The SMILES string of the molecule is O=C(O)CNCC(=O)OCCOCCO. The third-order valence-corrected chi connectivity index (χ3v) is 1.27. The Morgan fingerprint density at radius 2 is 1.87 bits per heavy atom. The van der Waals surface area contributed by atoms with Crippen LogP contribution in [0.1, 0.15) is 0 Å². The summed E-state index contributed by atoms with van der Waals surface area (Å²) in [6.45, 7) is 0.00412. The summed E-state index contributed by atoms with van der Waals surface area (Å²) in [7, 11) is 0. The molecule has 0 aliphatic heterocycles. The van der Waals surface area contributed by atoms with Gasteiger partial charge in [-0.3, -0.25) is 14.9 Å². The molecule has 0 aliphatic rings. The van der Waals surface area contributed by atoms with Crippen LogP contribution in [0.4, 0.5) is 0 Å². The maximum atomic E-state index is 10.9. The number of rotatable bonds is 9. The van der Waals surface area contributed by atoms with Crippen LogP contribution in [-0.4, -0.2) is 61.7 Å². The van der Waals surface area contributed by atoms with Crippen molar-refractivity contribution in [3.8, 4) is 0 Å². The van der Waals surface area contributed by atoms with Gasteiger partial charge in [0.15, 0.2) is 0 Å². The molecular weight excluding hydrogens is 206 g/mol. The summed E-state index contributed by atoms with van der Waals surface area (Å²) in [4.78, 5) is 20.9.